The van der Waals surface area contributed by atoms with Crippen molar-refractivity contribution in [3.63, 3.8) is 0 Å². The summed E-state index contributed by atoms with van der Waals surface area (Å²) in [5.41, 5.74) is 5.70. The maximum Gasteiger partial charge on any atom is 0.291 e. The lowest BCUT2D eigenvalue weighted by Gasteiger charge is -2.04. The largest absolute Gasteiger partial charge is 0.291 e. The second-order valence-corrected chi connectivity index (χ2v) is 6.84. The van der Waals surface area contributed by atoms with Gasteiger partial charge in [-0.15, -0.1) is 0 Å². The molecule has 29 heavy (non-hydrogen) atoms. The van der Waals surface area contributed by atoms with Gasteiger partial charge in [0.15, 0.2) is 5.69 Å². The lowest BCUT2D eigenvalue weighted by molar-refractivity contribution is -0.384. The first-order valence-corrected chi connectivity index (χ1v) is 9.12. The van der Waals surface area contributed by atoms with Crippen LogP contribution in [0.25, 0.3) is 0 Å². The van der Waals surface area contributed by atoms with E-state index in [9.17, 15) is 14.9 Å². The third kappa shape index (κ3) is 5.35. The number of nitrogens with zero attached hydrogens (tertiary/aromatic N) is 4. The number of carbonyl (C=O) groups is 1. The SMILES string of the molecule is CC(C)c1ccc(/C=N/NC(=O)c2ccn(Cc3ccc([N+](=O)[O-])cc3)n2)cc1. The topological polar surface area (TPSA) is 102 Å². The summed E-state index contributed by atoms with van der Waals surface area (Å²) in [6, 6.07) is 15.8. The van der Waals surface area contributed by atoms with Crippen molar-refractivity contribution in [2.24, 2.45) is 5.10 Å². The molecule has 0 aliphatic carbocycles. The minimum atomic E-state index is -0.445. The molecular weight excluding hydrogens is 370 g/mol. The molecule has 2 aromatic carbocycles. The van der Waals surface area contributed by atoms with Crippen LogP contribution in [0.3, 0.4) is 0 Å². The molecule has 0 atom stereocenters. The molecule has 1 aromatic heterocycles. The molecule has 3 rings (SSSR count). The van der Waals surface area contributed by atoms with Crippen molar-refractivity contribution >= 4 is 17.8 Å². The number of hydrogen-bond donors (Lipinski definition) is 1. The minimum Gasteiger partial charge on any atom is -0.268 e. The molecule has 0 bridgehead atoms. The molecule has 1 heterocycles. The molecule has 1 N–H and O–H groups in total. The van der Waals surface area contributed by atoms with E-state index in [-0.39, 0.29) is 11.4 Å². The zero-order chi connectivity index (χ0) is 20.8. The summed E-state index contributed by atoms with van der Waals surface area (Å²) in [5.74, 6) is 0.0457. The van der Waals surface area contributed by atoms with Gasteiger partial charge in [0.2, 0.25) is 0 Å². The zero-order valence-corrected chi connectivity index (χ0v) is 16.1. The summed E-state index contributed by atoms with van der Waals surface area (Å²) in [7, 11) is 0. The summed E-state index contributed by atoms with van der Waals surface area (Å²) in [6.07, 6.45) is 3.25. The quantitative estimate of drug-likeness (QED) is 0.376. The number of rotatable bonds is 7. The zero-order valence-electron chi connectivity index (χ0n) is 16.1. The first-order valence-electron chi connectivity index (χ1n) is 9.12. The maximum absolute atomic E-state index is 12.2. The van der Waals surface area contributed by atoms with Crippen LogP contribution >= 0.6 is 0 Å². The second kappa shape index (κ2) is 8.92. The molecule has 0 fully saturated rings. The molecule has 8 heteroatoms. The molecular formula is C21H21N5O3. The predicted octanol–water partition coefficient (Wildman–Crippen LogP) is 3.73. The number of nitrogens with one attached hydrogen (secondary N) is 1. The fraction of sp³-hybridized carbons (Fsp3) is 0.190. The van der Waals surface area contributed by atoms with Gasteiger partial charge in [-0.1, -0.05) is 50.2 Å². The highest BCUT2D eigenvalue weighted by atomic mass is 16.6. The summed E-state index contributed by atoms with van der Waals surface area (Å²) >= 11 is 0. The van der Waals surface area contributed by atoms with Gasteiger partial charge in [-0.3, -0.25) is 19.6 Å². The average Bonchev–Trinajstić information content (AvgIpc) is 3.17. The maximum atomic E-state index is 12.2. The number of aromatic nitrogens is 2. The molecule has 0 saturated carbocycles. The Labute approximate surface area is 168 Å². The highest BCUT2D eigenvalue weighted by Crippen LogP contribution is 2.14. The van der Waals surface area contributed by atoms with Gasteiger partial charge >= 0.3 is 0 Å². The first kappa shape index (κ1) is 19.9. The smallest absolute Gasteiger partial charge is 0.268 e. The van der Waals surface area contributed by atoms with Crippen LogP contribution in [0.5, 0.6) is 0 Å². The fourth-order valence-corrected chi connectivity index (χ4v) is 2.67. The van der Waals surface area contributed by atoms with Crippen molar-refractivity contribution in [3.05, 3.63) is 93.3 Å². The molecule has 3 aromatic rings. The Kier molecular flexibility index (Phi) is 6.13. The van der Waals surface area contributed by atoms with Gasteiger partial charge in [0, 0.05) is 18.3 Å². The van der Waals surface area contributed by atoms with Crippen LogP contribution in [-0.2, 0) is 6.54 Å². The van der Waals surface area contributed by atoms with Crippen molar-refractivity contribution in [1.82, 2.24) is 15.2 Å². The lowest BCUT2D eigenvalue weighted by atomic mass is 10.0. The molecule has 0 aliphatic rings. The summed E-state index contributed by atoms with van der Waals surface area (Å²) in [6.45, 7) is 4.66. The number of carbonyl (C=O) groups excluding carboxylic acids is 1. The van der Waals surface area contributed by atoms with Gasteiger partial charge in [0.1, 0.15) is 0 Å². The van der Waals surface area contributed by atoms with E-state index in [2.05, 4.69) is 29.5 Å². The van der Waals surface area contributed by atoms with Crippen LogP contribution < -0.4 is 5.43 Å². The number of non-ortho nitro benzene ring substituents is 1. The molecule has 8 nitrogen and oxygen atoms in total. The standard InChI is InChI=1S/C21H21N5O3/c1-15(2)18-7-3-16(4-8-18)13-22-23-21(27)20-11-12-25(24-20)14-17-5-9-19(10-6-17)26(28)29/h3-13,15H,14H2,1-2H3,(H,23,27)/b22-13+. The van der Waals surface area contributed by atoms with Gasteiger partial charge in [-0.25, -0.2) is 5.43 Å². The third-order valence-electron chi connectivity index (χ3n) is 4.35. The highest BCUT2D eigenvalue weighted by molar-refractivity contribution is 5.93. The molecule has 0 spiro atoms. The van der Waals surface area contributed by atoms with E-state index in [0.717, 1.165) is 11.1 Å². The number of nitro groups is 1. The minimum absolute atomic E-state index is 0.0333. The number of hydrogen-bond acceptors (Lipinski definition) is 5. The Morgan fingerprint density at radius 1 is 1.17 bits per heavy atom. The fourth-order valence-electron chi connectivity index (χ4n) is 2.67. The molecule has 1 amide bonds. The molecule has 0 radical (unpaired) electrons. The van der Waals surface area contributed by atoms with Crippen LogP contribution in [0.1, 0.15) is 46.9 Å². The molecule has 0 unspecified atom stereocenters. The van der Waals surface area contributed by atoms with Crippen molar-refractivity contribution in [1.29, 1.82) is 0 Å². The molecule has 0 saturated heterocycles. The number of hydrazone groups is 1. The normalized spacial score (nSPS) is 11.1. The van der Waals surface area contributed by atoms with E-state index in [1.165, 1.54) is 17.7 Å². The van der Waals surface area contributed by atoms with Crippen LogP contribution in [0.4, 0.5) is 5.69 Å². The van der Waals surface area contributed by atoms with E-state index in [0.29, 0.717) is 12.5 Å². The van der Waals surface area contributed by atoms with Gasteiger partial charge in [-0.2, -0.15) is 10.2 Å². The van der Waals surface area contributed by atoms with Gasteiger partial charge in [-0.05, 0) is 28.7 Å². The number of amides is 1. The average molecular weight is 391 g/mol. The van der Waals surface area contributed by atoms with Crippen molar-refractivity contribution < 1.29 is 9.72 Å². The first-order chi connectivity index (χ1) is 13.9. The van der Waals surface area contributed by atoms with Gasteiger partial charge in [0.05, 0.1) is 17.7 Å². The van der Waals surface area contributed by atoms with E-state index in [1.54, 1.807) is 35.3 Å². The Hall–Kier alpha value is -3.81. The number of nitro benzene ring substituents is 1. The van der Waals surface area contributed by atoms with E-state index >= 15 is 0 Å². The summed E-state index contributed by atoms with van der Waals surface area (Å²) in [5, 5.41) is 18.9. The summed E-state index contributed by atoms with van der Waals surface area (Å²) < 4.78 is 1.59. The molecule has 0 aliphatic heterocycles. The third-order valence-corrected chi connectivity index (χ3v) is 4.35. The van der Waals surface area contributed by atoms with Gasteiger partial charge in [0.25, 0.3) is 11.6 Å². The second-order valence-electron chi connectivity index (χ2n) is 6.84. The van der Waals surface area contributed by atoms with Crippen LogP contribution in [0.15, 0.2) is 65.9 Å². The monoisotopic (exact) mass is 391 g/mol. The van der Waals surface area contributed by atoms with E-state index in [4.69, 9.17) is 0 Å². The van der Waals surface area contributed by atoms with Crippen molar-refractivity contribution in [2.45, 2.75) is 26.3 Å². The van der Waals surface area contributed by atoms with E-state index in [1.807, 2.05) is 24.3 Å². The Morgan fingerprint density at radius 2 is 1.86 bits per heavy atom. The molecule has 148 valence electrons. The van der Waals surface area contributed by atoms with Crippen LogP contribution in [0, 0.1) is 10.1 Å². The van der Waals surface area contributed by atoms with Crippen molar-refractivity contribution in [2.75, 3.05) is 0 Å². The van der Waals surface area contributed by atoms with Gasteiger partial charge < -0.3 is 0 Å². The Bertz CT molecular complexity index is 1020. The number of benzene rings is 2. The van der Waals surface area contributed by atoms with E-state index < -0.39 is 10.8 Å². The lowest BCUT2D eigenvalue weighted by Crippen LogP contribution is -2.18. The summed E-state index contributed by atoms with van der Waals surface area (Å²) in [4.78, 5) is 22.4. The van der Waals surface area contributed by atoms with Crippen LogP contribution in [-0.4, -0.2) is 26.8 Å². The Morgan fingerprint density at radius 3 is 2.48 bits per heavy atom. The highest BCUT2D eigenvalue weighted by Gasteiger charge is 2.09. The van der Waals surface area contributed by atoms with Crippen LogP contribution in [0.2, 0.25) is 0 Å². The predicted molar refractivity (Wildman–Crippen MR) is 110 cm³/mol. The van der Waals surface area contributed by atoms with Crippen molar-refractivity contribution in [3.8, 4) is 0 Å². The Balaban J connectivity index is 1.56.